The van der Waals surface area contributed by atoms with Crippen LogP contribution >= 0.6 is 11.8 Å². The van der Waals surface area contributed by atoms with E-state index in [0.717, 1.165) is 48.2 Å². The smallest absolute Gasteiger partial charge is 0.237 e. The Balaban J connectivity index is 1.65. The number of imidazole rings is 1. The number of carbonyl (C=O) groups is 1. The second-order valence-electron chi connectivity index (χ2n) is 8.89. The van der Waals surface area contributed by atoms with Crippen LogP contribution in [-0.4, -0.2) is 33.4 Å². The average molecular weight is 416 g/mol. The SMILES string of the molecule is Cc1nc(SC(C)C(=O)Nc2ccc(C(C)(C)C)cc2)n(CC2CCCO2)c1C. The van der Waals surface area contributed by atoms with E-state index < -0.39 is 0 Å². The van der Waals surface area contributed by atoms with E-state index in [1.54, 1.807) is 0 Å². The van der Waals surface area contributed by atoms with Gasteiger partial charge in [-0.1, -0.05) is 44.7 Å². The predicted octanol–water partition coefficient (Wildman–Crippen LogP) is 5.10. The Bertz CT molecular complexity index is 846. The molecule has 1 aliphatic heterocycles. The molecule has 2 aromatic rings. The van der Waals surface area contributed by atoms with E-state index in [1.165, 1.54) is 17.3 Å². The summed E-state index contributed by atoms with van der Waals surface area (Å²) in [5.41, 5.74) is 4.33. The maximum Gasteiger partial charge on any atom is 0.237 e. The van der Waals surface area contributed by atoms with E-state index in [4.69, 9.17) is 9.72 Å². The summed E-state index contributed by atoms with van der Waals surface area (Å²) in [5.74, 6) is -0.0134. The van der Waals surface area contributed by atoms with E-state index in [0.29, 0.717) is 0 Å². The van der Waals surface area contributed by atoms with Crippen molar-refractivity contribution in [2.45, 2.75) is 82.9 Å². The molecule has 29 heavy (non-hydrogen) atoms. The predicted molar refractivity (Wildman–Crippen MR) is 120 cm³/mol. The van der Waals surface area contributed by atoms with Crippen LogP contribution in [0, 0.1) is 13.8 Å². The summed E-state index contributed by atoms with van der Waals surface area (Å²) in [6.45, 7) is 14.2. The first-order chi connectivity index (χ1) is 13.6. The second kappa shape index (κ2) is 8.92. The third-order valence-electron chi connectivity index (χ3n) is 5.50. The Morgan fingerprint density at radius 2 is 2.00 bits per heavy atom. The van der Waals surface area contributed by atoms with Gasteiger partial charge in [0.05, 0.1) is 23.6 Å². The van der Waals surface area contributed by atoms with E-state index in [9.17, 15) is 4.79 Å². The van der Waals surface area contributed by atoms with Crippen LogP contribution in [0.25, 0.3) is 0 Å². The number of rotatable bonds is 6. The van der Waals surface area contributed by atoms with Crippen LogP contribution in [-0.2, 0) is 21.5 Å². The molecular weight excluding hydrogens is 382 g/mol. The number of benzene rings is 1. The molecule has 0 spiro atoms. The highest BCUT2D eigenvalue weighted by molar-refractivity contribution is 8.00. The zero-order valence-electron chi connectivity index (χ0n) is 18.4. The molecular formula is C23H33N3O2S. The van der Waals surface area contributed by atoms with Gasteiger partial charge >= 0.3 is 0 Å². The van der Waals surface area contributed by atoms with Gasteiger partial charge in [-0.05, 0) is 56.7 Å². The minimum absolute atomic E-state index is 0.0134. The van der Waals surface area contributed by atoms with E-state index in [-0.39, 0.29) is 22.7 Å². The van der Waals surface area contributed by atoms with Crippen LogP contribution < -0.4 is 5.32 Å². The summed E-state index contributed by atoms with van der Waals surface area (Å²) >= 11 is 1.51. The maximum atomic E-state index is 12.8. The summed E-state index contributed by atoms with van der Waals surface area (Å²) in [6, 6.07) is 8.11. The molecule has 0 bridgehead atoms. The Morgan fingerprint density at radius 3 is 2.59 bits per heavy atom. The molecule has 5 nitrogen and oxygen atoms in total. The first kappa shape index (κ1) is 21.9. The Morgan fingerprint density at radius 1 is 1.31 bits per heavy atom. The quantitative estimate of drug-likeness (QED) is 0.667. The lowest BCUT2D eigenvalue weighted by Crippen LogP contribution is -2.24. The highest BCUT2D eigenvalue weighted by Gasteiger charge is 2.23. The number of carbonyl (C=O) groups excluding carboxylic acids is 1. The third-order valence-corrected chi connectivity index (χ3v) is 6.59. The van der Waals surface area contributed by atoms with Gasteiger partial charge in [0.25, 0.3) is 0 Å². The molecule has 158 valence electrons. The van der Waals surface area contributed by atoms with Crippen LogP contribution in [0.4, 0.5) is 5.69 Å². The zero-order valence-corrected chi connectivity index (χ0v) is 19.2. The molecule has 0 aliphatic carbocycles. The number of aryl methyl sites for hydroxylation is 1. The van der Waals surface area contributed by atoms with Crippen LogP contribution in [0.5, 0.6) is 0 Å². The molecule has 0 radical (unpaired) electrons. The maximum absolute atomic E-state index is 12.8. The van der Waals surface area contributed by atoms with Crippen molar-refractivity contribution in [1.82, 2.24) is 9.55 Å². The van der Waals surface area contributed by atoms with Crippen LogP contribution in [0.1, 0.15) is 57.5 Å². The first-order valence-corrected chi connectivity index (χ1v) is 11.3. The van der Waals surface area contributed by atoms with Crippen molar-refractivity contribution in [3.63, 3.8) is 0 Å². The van der Waals surface area contributed by atoms with Crippen LogP contribution in [0.15, 0.2) is 29.4 Å². The summed E-state index contributed by atoms with van der Waals surface area (Å²) in [7, 11) is 0. The highest BCUT2D eigenvalue weighted by atomic mass is 32.2. The number of nitrogens with one attached hydrogen (secondary N) is 1. The minimum atomic E-state index is -0.248. The van der Waals surface area contributed by atoms with E-state index >= 15 is 0 Å². The average Bonchev–Trinajstić information content (AvgIpc) is 3.26. The van der Waals surface area contributed by atoms with Crippen molar-refractivity contribution in [3.8, 4) is 0 Å². The minimum Gasteiger partial charge on any atom is -0.376 e. The molecule has 2 atom stereocenters. The second-order valence-corrected chi connectivity index (χ2v) is 10.2. The molecule has 1 aliphatic rings. The van der Waals surface area contributed by atoms with Gasteiger partial charge in [0.1, 0.15) is 0 Å². The Hall–Kier alpha value is -1.79. The molecule has 2 unspecified atom stereocenters. The van der Waals surface area contributed by atoms with Crippen molar-refractivity contribution in [1.29, 1.82) is 0 Å². The van der Waals surface area contributed by atoms with Gasteiger partial charge in [0.2, 0.25) is 5.91 Å². The number of nitrogens with zero attached hydrogens (tertiary/aromatic N) is 2. The summed E-state index contributed by atoms with van der Waals surface area (Å²) in [5, 5.41) is 3.67. The lowest BCUT2D eigenvalue weighted by Gasteiger charge is -2.19. The number of anilines is 1. The number of ether oxygens (including phenoxy) is 1. The van der Waals surface area contributed by atoms with Gasteiger partial charge in [-0.2, -0.15) is 0 Å². The summed E-state index contributed by atoms with van der Waals surface area (Å²) in [4.78, 5) is 17.5. The van der Waals surface area contributed by atoms with Gasteiger partial charge in [-0.15, -0.1) is 0 Å². The molecule has 1 aromatic carbocycles. The normalized spacial score (nSPS) is 18.1. The van der Waals surface area contributed by atoms with Crippen molar-refractivity contribution in [2.24, 2.45) is 0 Å². The Labute approximate surface area is 178 Å². The zero-order chi connectivity index (χ0) is 21.2. The fraction of sp³-hybridized carbons (Fsp3) is 0.565. The third kappa shape index (κ3) is 5.43. The lowest BCUT2D eigenvalue weighted by molar-refractivity contribution is -0.115. The first-order valence-electron chi connectivity index (χ1n) is 10.4. The summed E-state index contributed by atoms with van der Waals surface area (Å²) in [6.07, 6.45) is 2.45. The molecule has 1 N–H and O–H groups in total. The number of aromatic nitrogens is 2. The molecule has 1 saturated heterocycles. The van der Waals surface area contributed by atoms with Gasteiger partial charge in [-0.3, -0.25) is 4.79 Å². The van der Waals surface area contributed by atoms with Crippen molar-refractivity contribution in [3.05, 3.63) is 41.2 Å². The number of amides is 1. The Kier molecular flexibility index (Phi) is 6.74. The van der Waals surface area contributed by atoms with E-state index in [1.807, 2.05) is 26.0 Å². The summed E-state index contributed by atoms with van der Waals surface area (Å²) < 4.78 is 8.01. The van der Waals surface area contributed by atoms with Gasteiger partial charge in [0, 0.05) is 18.0 Å². The molecule has 1 amide bonds. The van der Waals surface area contributed by atoms with Crippen molar-refractivity contribution >= 4 is 23.4 Å². The lowest BCUT2D eigenvalue weighted by atomic mass is 9.87. The fourth-order valence-corrected chi connectivity index (χ4v) is 4.44. The monoisotopic (exact) mass is 415 g/mol. The number of hydrogen-bond donors (Lipinski definition) is 1. The molecule has 6 heteroatoms. The van der Waals surface area contributed by atoms with Crippen LogP contribution in [0.3, 0.4) is 0 Å². The molecule has 1 aromatic heterocycles. The number of hydrogen-bond acceptors (Lipinski definition) is 4. The van der Waals surface area contributed by atoms with E-state index in [2.05, 4.69) is 49.7 Å². The topological polar surface area (TPSA) is 56.2 Å². The molecule has 3 rings (SSSR count). The number of thioether (sulfide) groups is 1. The molecule has 0 saturated carbocycles. The van der Waals surface area contributed by atoms with Crippen molar-refractivity contribution in [2.75, 3.05) is 11.9 Å². The molecule has 2 heterocycles. The highest BCUT2D eigenvalue weighted by Crippen LogP contribution is 2.28. The van der Waals surface area contributed by atoms with Crippen LogP contribution in [0.2, 0.25) is 0 Å². The van der Waals surface area contributed by atoms with Gasteiger partial charge in [0.15, 0.2) is 5.16 Å². The largest absolute Gasteiger partial charge is 0.376 e. The standard InChI is InChI=1S/C23H33N3O2S/c1-15-16(2)26(14-20-8-7-13-28-20)22(24-15)29-17(3)21(27)25-19-11-9-18(10-12-19)23(4,5)6/h9-12,17,20H,7-8,13-14H2,1-6H3,(H,25,27). The fourth-order valence-electron chi connectivity index (χ4n) is 3.43. The van der Waals surface area contributed by atoms with Gasteiger partial charge in [-0.25, -0.2) is 4.98 Å². The van der Waals surface area contributed by atoms with Gasteiger partial charge < -0.3 is 14.6 Å². The molecule has 1 fully saturated rings. The van der Waals surface area contributed by atoms with Crippen molar-refractivity contribution < 1.29 is 9.53 Å².